The average Bonchev–Trinajstić information content (AvgIpc) is 2.64. The molecule has 0 aliphatic heterocycles. The molecule has 2 nitrogen and oxygen atoms in total. The summed E-state index contributed by atoms with van der Waals surface area (Å²) in [4.78, 5) is 4.59. The van der Waals surface area contributed by atoms with Crippen LogP contribution in [0.25, 0.3) is 11.3 Å². The molecular weight excluding hydrogens is 247 g/mol. The lowest BCUT2D eigenvalue weighted by molar-refractivity contribution is 0.586. The van der Waals surface area contributed by atoms with Crippen LogP contribution in [0.3, 0.4) is 0 Å². The number of nitrogen functional groups attached to an aromatic ring is 1. The molecule has 0 saturated carbocycles. The summed E-state index contributed by atoms with van der Waals surface area (Å²) < 4.78 is 13.3. The minimum Gasteiger partial charge on any atom is -0.389 e. The second-order valence-corrected chi connectivity index (χ2v) is 6.48. The van der Waals surface area contributed by atoms with Crippen LogP contribution in [-0.2, 0) is 5.41 Å². The molecule has 96 valence electrons. The third-order valence-corrected chi connectivity index (χ3v) is 4.04. The molecular formula is C14H17FN2S. The van der Waals surface area contributed by atoms with Crippen LogP contribution in [0.2, 0.25) is 0 Å². The molecule has 2 N–H and O–H groups in total. The molecule has 0 radical (unpaired) electrons. The molecule has 18 heavy (non-hydrogen) atoms. The molecule has 1 heterocycles. The van der Waals surface area contributed by atoms with Crippen molar-refractivity contribution in [3.05, 3.63) is 34.6 Å². The van der Waals surface area contributed by atoms with Gasteiger partial charge in [0.25, 0.3) is 0 Å². The first-order valence-corrected chi connectivity index (χ1v) is 6.64. The van der Waals surface area contributed by atoms with Gasteiger partial charge in [-0.2, -0.15) is 0 Å². The van der Waals surface area contributed by atoms with E-state index in [1.165, 1.54) is 17.4 Å². The summed E-state index contributed by atoms with van der Waals surface area (Å²) in [5.74, 6) is -0.205. The molecule has 0 bridgehead atoms. The molecule has 4 heteroatoms. The van der Waals surface area contributed by atoms with E-state index in [1.807, 2.05) is 0 Å². The predicted octanol–water partition coefficient (Wildman–Crippen LogP) is 4.14. The standard InChI is InChI=1S/C14H17FN2S/c1-8-7-9(5-6-10(8)15)11-12(16)18-13(17-11)14(2,3)4/h5-7H,16H2,1-4H3. The van der Waals surface area contributed by atoms with Crippen LogP contribution in [0, 0.1) is 12.7 Å². The topological polar surface area (TPSA) is 38.9 Å². The van der Waals surface area contributed by atoms with Gasteiger partial charge in [0, 0.05) is 11.0 Å². The Kier molecular flexibility index (Phi) is 3.15. The lowest BCUT2D eigenvalue weighted by atomic mass is 9.98. The van der Waals surface area contributed by atoms with Crippen molar-refractivity contribution < 1.29 is 4.39 Å². The minimum absolute atomic E-state index is 0.0217. The zero-order valence-corrected chi connectivity index (χ0v) is 11.9. The van der Waals surface area contributed by atoms with E-state index in [0.29, 0.717) is 10.6 Å². The van der Waals surface area contributed by atoms with E-state index in [1.54, 1.807) is 19.1 Å². The molecule has 0 saturated heterocycles. The summed E-state index contributed by atoms with van der Waals surface area (Å²) in [6.45, 7) is 8.05. The number of aromatic nitrogens is 1. The maximum Gasteiger partial charge on any atom is 0.126 e. The SMILES string of the molecule is Cc1cc(-c2nc(C(C)(C)C)sc2N)ccc1F. The van der Waals surface area contributed by atoms with Gasteiger partial charge in [0.05, 0.1) is 0 Å². The molecule has 1 aromatic carbocycles. The van der Waals surface area contributed by atoms with Crippen LogP contribution in [-0.4, -0.2) is 4.98 Å². The third-order valence-electron chi connectivity index (χ3n) is 2.73. The maximum atomic E-state index is 13.3. The number of rotatable bonds is 1. The Labute approximate surface area is 111 Å². The maximum absolute atomic E-state index is 13.3. The Morgan fingerprint density at radius 3 is 2.44 bits per heavy atom. The predicted molar refractivity (Wildman–Crippen MR) is 75.4 cm³/mol. The van der Waals surface area contributed by atoms with E-state index in [4.69, 9.17) is 5.73 Å². The number of halogens is 1. The molecule has 0 unspecified atom stereocenters. The van der Waals surface area contributed by atoms with Gasteiger partial charge in [-0.1, -0.05) is 20.8 Å². The highest BCUT2D eigenvalue weighted by atomic mass is 32.1. The van der Waals surface area contributed by atoms with Gasteiger partial charge in [-0.15, -0.1) is 11.3 Å². The van der Waals surface area contributed by atoms with Crippen molar-refractivity contribution in [1.82, 2.24) is 4.98 Å². The quantitative estimate of drug-likeness (QED) is 0.840. The highest BCUT2D eigenvalue weighted by Gasteiger charge is 2.21. The number of benzene rings is 1. The Morgan fingerprint density at radius 1 is 1.28 bits per heavy atom. The van der Waals surface area contributed by atoms with Crippen LogP contribution < -0.4 is 5.73 Å². The van der Waals surface area contributed by atoms with Gasteiger partial charge >= 0.3 is 0 Å². The van der Waals surface area contributed by atoms with Crippen LogP contribution in [0.5, 0.6) is 0 Å². The normalized spacial score (nSPS) is 11.8. The zero-order chi connectivity index (χ0) is 13.5. The highest BCUT2D eigenvalue weighted by Crippen LogP contribution is 2.36. The number of thiazole rings is 1. The molecule has 2 rings (SSSR count). The number of nitrogens with zero attached hydrogens (tertiary/aromatic N) is 1. The fraction of sp³-hybridized carbons (Fsp3) is 0.357. The first-order valence-electron chi connectivity index (χ1n) is 5.82. The number of nitrogens with two attached hydrogens (primary N) is 1. The Hall–Kier alpha value is -1.42. The van der Waals surface area contributed by atoms with Gasteiger partial charge in [-0.25, -0.2) is 9.37 Å². The van der Waals surface area contributed by atoms with Crippen molar-refractivity contribution in [3.8, 4) is 11.3 Å². The van der Waals surface area contributed by atoms with E-state index in [2.05, 4.69) is 25.8 Å². The van der Waals surface area contributed by atoms with Crippen molar-refractivity contribution in [3.63, 3.8) is 0 Å². The highest BCUT2D eigenvalue weighted by molar-refractivity contribution is 7.16. The van der Waals surface area contributed by atoms with Crippen molar-refractivity contribution in [1.29, 1.82) is 0 Å². The van der Waals surface area contributed by atoms with E-state index < -0.39 is 0 Å². The van der Waals surface area contributed by atoms with Crippen LogP contribution in [0.1, 0.15) is 31.3 Å². The van der Waals surface area contributed by atoms with Crippen LogP contribution in [0.4, 0.5) is 9.39 Å². The molecule has 1 aromatic heterocycles. The Bertz CT molecular complexity index is 582. The van der Waals surface area contributed by atoms with Gasteiger partial charge in [0.1, 0.15) is 21.5 Å². The molecule has 0 aliphatic rings. The van der Waals surface area contributed by atoms with Crippen molar-refractivity contribution in [2.75, 3.05) is 5.73 Å². The van der Waals surface area contributed by atoms with Gasteiger partial charge in [0.15, 0.2) is 0 Å². The van der Waals surface area contributed by atoms with Crippen LogP contribution >= 0.6 is 11.3 Å². The lowest BCUT2D eigenvalue weighted by Gasteiger charge is -2.13. The number of hydrogen-bond donors (Lipinski definition) is 1. The van der Waals surface area contributed by atoms with Crippen molar-refractivity contribution in [2.45, 2.75) is 33.1 Å². The Morgan fingerprint density at radius 2 is 1.94 bits per heavy atom. The summed E-state index contributed by atoms with van der Waals surface area (Å²) >= 11 is 1.50. The van der Waals surface area contributed by atoms with Gasteiger partial charge < -0.3 is 5.73 Å². The first-order chi connectivity index (χ1) is 8.29. The molecule has 0 amide bonds. The van der Waals surface area contributed by atoms with Crippen LogP contribution in [0.15, 0.2) is 18.2 Å². The second kappa shape index (κ2) is 4.35. The third kappa shape index (κ3) is 2.38. The largest absolute Gasteiger partial charge is 0.389 e. The van der Waals surface area contributed by atoms with Gasteiger partial charge in [-0.3, -0.25) is 0 Å². The molecule has 0 aliphatic carbocycles. The van der Waals surface area contributed by atoms with E-state index in [0.717, 1.165) is 16.3 Å². The minimum atomic E-state index is -0.205. The second-order valence-electron chi connectivity index (χ2n) is 5.45. The summed E-state index contributed by atoms with van der Waals surface area (Å²) in [5.41, 5.74) is 8.24. The van der Waals surface area contributed by atoms with Gasteiger partial charge in [-0.05, 0) is 30.7 Å². The van der Waals surface area contributed by atoms with E-state index >= 15 is 0 Å². The Balaban J connectivity index is 2.51. The number of hydrogen-bond acceptors (Lipinski definition) is 3. The van der Waals surface area contributed by atoms with Gasteiger partial charge in [0.2, 0.25) is 0 Å². The van der Waals surface area contributed by atoms with Crippen molar-refractivity contribution >= 4 is 16.3 Å². The van der Waals surface area contributed by atoms with Crippen molar-refractivity contribution in [2.24, 2.45) is 0 Å². The fourth-order valence-corrected chi connectivity index (χ4v) is 2.56. The molecule has 0 fully saturated rings. The number of anilines is 1. The monoisotopic (exact) mass is 264 g/mol. The average molecular weight is 264 g/mol. The smallest absolute Gasteiger partial charge is 0.126 e. The lowest BCUT2D eigenvalue weighted by Crippen LogP contribution is -2.10. The van der Waals surface area contributed by atoms with E-state index in [-0.39, 0.29) is 11.2 Å². The summed E-state index contributed by atoms with van der Waals surface area (Å²) in [5, 5.41) is 1.68. The summed E-state index contributed by atoms with van der Waals surface area (Å²) in [7, 11) is 0. The summed E-state index contributed by atoms with van der Waals surface area (Å²) in [6.07, 6.45) is 0. The first kappa shape index (κ1) is 13.0. The summed E-state index contributed by atoms with van der Waals surface area (Å²) in [6, 6.07) is 4.97. The van der Waals surface area contributed by atoms with E-state index in [9.17, 15) is 4.39 Å². The molecule has 2 aromatic rings. The number of aryl methyl sites for hydroxylation is 1. The fourth-order valence-electron chi connectivity index (χ4n) is 1.65. The molecule has 0 spiro atoms. The molecule has 0 atom stereocenters. The zero-order valence-electron chi connectivity index (χ0n) is 11.0.